The Bertz CT molecular complexity index is 443. The zero-order valence-corrected chi connectivity index (χ0v) is 11.6. The molecule has 0 heterocycles. The second kappa shape index (κ2) is 7.56. The van der Waals surface area contributed by atoms with Gasteiger partial charge >= 0.3 is 5.97 Å². The third-order valence-corrected chi connectivity index (χ3v) is 2.88. The summed E-state index contributed by atoms with van der Waals surface area (Å²) in [6, 6.07) is 8.02. The molecule has 0 radical (unpaired) electrons. The van der Waals surface area contributed by atoms with Crippen molar-refractivity contribution < 1.29 is 14.7 Å². The molecule has 0 aromatic heterocycles. The molecule has 1 aromatic rings. The summed E-state index contributed by atoms with van der Waals surface area (Å²) >= 11 is 0. The van der Waals surface area contributed by atoms with E-state index in [0.29, 0.717) is 19.4 Å². The van der Waals surface area contributed by atoms with Gasteiger partial charge in [0.2, 0.25) is 5.91 Å². The van der Waals surface area contributed by atoms with E-state index in [4.69, 9.17) is 5.11 Å². The molecule has 19 heavy (non-hydrogen) atoms. The monoisotopic (exact) mass is 263 g/mol. The minimum Gasteiger partial charge on any atom is -0.480 e. The van der Waals surface area contributed by atoms with Gasteiger partial charge in [-0.1, -0.05) is 36.8 Å². The Morgan fingerprint density at radius 2 is 2.05 bits per heavy atom. The van der Waals surface area contributed by atoms with Gasteiger partial charge in [0.25, 0.3) is 0 Å². The van der Waals surface area contributed by atoms with Crippen molar-refractivity contribution in [2.75, 3.05) is 13.1 Å². The SMILES string of the molecule is CCCN(CC(=O)O)C(=O)CCc1cccc(C)c1. The van der Waals surface area contributed by atoms with Gasteiger partial charge in [0.1, 0.15) is 6.54 Å². The Labute approximate surface area is 114 Å². The molecular weight excluding hydrogens is 242 g/mol. The number of amides is 1. The molecule has 0 atom stereocenters. The van der Waals surface area contributed by atoms with Crippen molar-refractivity contribution >= 4 is 11.9 Å². The molecule has 0 fully saturated rings. The van der Waals surface area contributed by atoms with Gasteiger partial charge in [-0.15, -0.1) is 0 Å². The van der Waals surface area contributed by atoms with Gasteiger partial charge in [-0.25, -0.2) is 0 Å². The molecule has 0 aliphatic rings. The lowest BCUT2D eigenvalue weighted by Gasteiger charge is -2.19. The molecular formula is C15H21NO3. The molecule has 4 nitrogen and oxygen atoms in total. The number of hydrogen-bond donors (Lipinski definition) is 1. The van der Waals surface area contributed by atoms with Crippen LogP contribution in [0.4, 0.5) is 0 Å². The zero-order chi connectivity index (χ0) is 14.3. The molecule has 1 aromatic carbocycles. The Morgan fingerprint density at radius 1 is 1.32 bits per heavy atom. The predicted octanol–water partition coefficient (Wildman–Crippen LogP) is 2.25. The van der Waals surface area contributed by atoms with Crippen molar-refractivity contribution in [3.8, 4) is 0 Å². The molecule has 104 valence electrons. The van der Waals surface area contributed by atoms with Crippen LogP contribution in [0.2, 0.25) is 0 Å². The number of aryl methyl sites for hydroxylation is 2. The molecule has 0 bridgehead atoms. The zero-order valence-electron chi connectivity index (χ0n) is 11.6. The Kier molecular flexibility index (Phi) is 6.06. The highest BCUT2D eigenvalue weighted by molar-refractivity contribution is 5.81. The molecule has 1 rings (SSSR count). The van der Waals surface area contributed by atoms with E-state index in [-0.39, 0.29) is 12.5 Å². The molecule has 1 amide bonds. The van der Waals surface area contributed by atoms with E-state index in [9.17, 15) is 9.59 Å². The molecule has 0 unspecified atom stereocenters. The smallest absolute Gasteiger partial charge is 0.323 e. The number of carbonyl (C=O) groups is 2. The third-order valence-electron chi connectivity index (χ3n) is 2.88. The van der Waals surface area contributed by atoms with Crippen molar-refractivity contribution in [1.82, 2.24) is 4.90 Å². The van der Waals surface area contributed by atoms with E-state index >= 15 is 0 Å². The van der Waals surface area contributed by atoms with Gasteiger partial charge in [0.05, 0.1) is 0 Å². The summed E-state index contributed by atoms with van der Waals surface area (Å²) in [5.41, 5.74) is 2.28. The van der Waals surface area contributed by atoms with Crippen molar-refractivity contribution in [3.63, 3.8) is 0 Å². The maximum absolute atomic E-state index is 12.0. The first-order valence-corrected chi connectivity index (χ1v) is 6.58. The Morgan fingerprint density at radius 3 is 2.63 bits per heavy atom. The summed E-state index contributed by atoms with van der Waals surface area (Å²) in [6.07, 6.45) is 1.78. The van der Waals surface area contributed by atoms with Crippen LogP contribution < -0.4 is 0 Å². The lowest BCUT2D eigenvalue weighted by molar-refractivity contribution is -0.144. The molecule has 0 spiro atoms. The van der Waals surface area contributed by atoms with Crippen LogP contribution in [0.15, 0.2) is 24.3 Å². The lowest BCUT2D eigenvalue weighted by Crippen LogP contribution is -2.36. The Balaban J connectivity index is 2.54. The van der Waals surface area contributed by atoms with Gasteiger partial charge in [-0.3, -0.25) is 9.59 Å². The van der Waals surface area contributed by atoms with E-state index in [0.717, 1.165) is 12.0 Å². The van der Waals surface area contributed by atoms with Crippen LogP contribution in [-0.2, 0) is 16.0 Å². The minimum atomic E-state index is -0.961. The molecule has 0 aliphatic heterocycles. The fraction of sp³-hybridized carbons (Fsp3) is 0.467. The third kappa shape index (κ3) is 5.55. The van der Waals surface area contributed by atoms with Crippen LogP contribution in [0.3, 0.4) is 0 Å². The van der Waals surface area contributed by atoms with E-state index < -0.39 is 5.97 Å². The van der Waals surface area contributed by atoms with Gasteiger partial charge in [0, 0.05) is 13.0 Å². The van der Waals surface area contributed by atoms with Crippen molar-refractivity contribution in [1.29, 1.82) is 0 Å². The van der Waals surface area contributed by atoms with Gasteiger partial charge < -0.3 is 10.0 Å². The number of carboxylic acid groups (broad SMARTS) is 1. The fourth-order valence-corrected chi connectivity index (χ4v) is 2.00. The molecule has 0 saturated heterocycles. The summed E-state index contributed by atoms with van der Waals surface area (Å²) in [6.45, 7) is 4.24. The number of aliphatic carboxylic acids is 1. The van der Waals surface area contributed by atoms with Crippen LogP contribution in [0.5, 0.6) is 0 Å². The Hall–Kier alpha value is -1.84. The number of carbonyl (C=O) groups excluding carboxylic acids is 1. The number of rotatable bonds is 7. The second-order valence-corrected chi connectivity index (χ2v) is 4.70. The van der Waals surface area contributed by atoms with Gasteiger partial charge in [-0.05, 0) is 25.3 Å². The summed E-state index contributed by atoms with van der Waals surface area (Å²) in [7, 11) is 0. The summed E-state index contributed by atoms with van der Waals surface area (Å²) in [4.78, 5) is 24.1. The standard InChI is InChI=1S/C15H21NO3/c1-3-9-16(11-15(18)19)14(17)8-7-13-6-4-5-12(2)10-13/h4-6,10H,3,7-9,11H2,1-2H3,(H,18,19). The highest BCUT2D eigenvalue weighted by atomic mass is 16.4. The minimum absolute atomic E-state index is 0.0919. The maximum atomic E-state index is 12.0. The fourth-order valence-electron chi connectivity index (χ4n) is 2.00. The highest BCUT2D eigenvalue weighted by Gasteiger charge is 2.15. The summed E-state index contributed by atoms with van der Waals surface area (Å²) in [5, 5.41) is 8.79. The average molecular weight is 263 g/mol. The van der Waals surface area contributed by atoms with E-state index in [1.54, 1.807) is 0 Å². The van der Waals surface area contributed by atoms with Crippen molar-refractivity contribution in [3.05, 3.63) is 35.4 Å². The van der Waals surface area contributed by atoms with E-state index in [2.05, 4.69) is 6.07 Å². The summed E-state index contributed by atoms with van der Waals surface area (Å²) in [5.74, 6) is -1.05. The quantitative estimate of drug-likeness (QED) is 0.821. The van der Waals surface area contributed by atoms with E-state index in [1.165, 1.54) is 10.5 Å². The van der Waals surface area contributed by atoms with Crippen LogP contribution in [0.1, 0.15) is 30.9 Å². The first kappa shape index (κ1) is 15.2. The van der Waals surface area contributed by atoms with Gasteiger partial charge in [0.15, 0.2) is 0 Å². The van der Waals surface area contributed by atoms with Crippen LogP contribution >= 0.6 is 0 Å². The highest BCUT2D eigenvalue weighted by Crippen LogP contribution is 2.08. The number of carboxylic acids is 1. The van der Waals surface area contributed by atoms with Crippen LogP contribution in [0, 0.1) is 6.92 Å². The topological polar surface area (TPSA) is 57.6 Å². The number of hydrogen-bond acceptors (Lipinski definition) is 2. The van der Waals surface area contributed by atoms with Crippen LogP contribution in [0.25, 0.3) is 0 Å². The van der Waals surface area contributed by atoms with E-state index in [1.807, 2.05) is 32.0 Å². The molecule has 4 heteroatoms. The predicted molar refractivity (Wildman–Crippen MR) is 74.0 cm³/mol. The summed E-state index contributed by atoms with van der Waals surface area (Å²) < 4.78 is 0. The number of nitrogens with zero attached hydrogens (tertiary/aromatic N) is 1. The maximum Gasteiger partial charge on any atom is 0.323 e. The van der Waals surface area contributed by atoms with Crippen molar-refractivity contribution in [2.45, 2.75) is 33.1 Å². The first-order chi connectivity index (χ1) is 9.02. The molecule has 0 saturated carbocycles. The van der Waals surface area contributed by atoms with Crippen LogP contribution in [-0.4, -0.2) is 35.0 Å². The largest absolute Gasteiger partial charge is 0.480 e. The van der Waals surface area contributed by atoms with Crippen molar-refractivity contribution in [2.24, 2.45) is 0 Å². The second-order valence-electron chi connectivity index (χ2n) is 4.70. The normalized spacial score (nSPS) is 10.2. The first-order valence-electron chi connectivity index (χ1n) is 6.58. The molecule has 1 N–H and O–H groups in total. The van der Waals surface area contributed by atoms with Gasteiger partial charge in [-0.2, -0.15) is 0 Å². The average Bonchev–Trinajstić information content (AvgIpc) is 2.35. The molecule has 0 aliphatic carbocycles. The lowest BCUT2D eigenvalue weighted by atomic mass is 10.1. The number of benzene rings is 1.